The highest BCUT2D eigenvalue weighted by Crippen LogP contribution is 2.28. The molecule has 8 heteroatoms. The van der Waals surface area contributed by atoms with Gasteiger partial charge in [0, 0.05) is 21.7 Å². The van der Waals surface area contributed by atoms with Crippen LogP contribution in [0.3, 0.4) is 0 Å². The molecule has 3 heterocycles. The minimum Gasteiger partial charge on any atom is -0.390 e. The number of aromatic amines is 1. The van der Waals surface area contributed by atoms with Crippen LogP contribution in [-0.4, -0.2) is 29.6 Å². The van der Waals surface area contributed by atoms with Crippen molar-refractivity contribution in [3.63, 3.8) is 0 Å². The van der Waals surface area contributed by atoms with E-state index in [4.69, 9.17) is 17.3 Å². The van der Waals surface area contributed by atoms with Gasteiger partial charge in [-0.15, -0.1) is 0 Å². The minimum absolute atomic E-state index is 0.0521. The van der Waals surface area contributed by atoms with Gasteiger partial charge in [0.15, 0.2) is 11.5 Å². The van der Waals surface area contributed by atoms with E-state index in [0.717, 1.165) is 22.2 Å². The zero-order chi connectivity index (χ0) is 16.0. The van der Waals surface area contributed by atoms with Crippen LogP contribution in [0.2, 0.25) is 5.02 Å². The van der Waals surface area contributed by atoms with Gasteiger partial charge in [-0.05, 0) is 12.1 Å². The molecule has 0 unspecified atom stereocenters. The molecule has 0 spiro atoms. The molecule has 0 saturated carbocycles. The molecule has 4 N–H and O–H groups in total. The first-order valence-electron chi connectivity index (χ1n) is 6.98. The Kier molecular flexibility index (Phi) is 3.17. The zero-order valence-corrected chi connectivity index (χ0v) is 12.7. The number of aromatic nitrogens is 5. The SMILES string of the molecule is Nc1ncnc2c1ncn2Cc1c(Cl)ccc2cc(CO)[nH]c12. The summed E-state index contributed by atoms with van der Waals surface area (Å²) in [6, 6.07) is 5.67. The number of halogens is 1. The fraction of sp³-hybridized carbons (Fsp3) is 0.133. The Morgan fingerprint density at radius 3 is 2.96 bits per heavy atom. The molecule has 0 saturated heterocycles. The lowest BCUT2D eigenvalue weighted by molar-refractivity contribution is 0.278. The van der Waals surface area contributed by atoms with Gasteiger partial charge < -0.3 is 20.4 Å². The third-order valence-corrected chi connectivity index (χ3v) is 4.19. The molecule has 0 radical (unpaired) electrons. The van der Waals surface area contributed by atoms with Gasteiger partial charge in [0.05, 0.1) is 25.0 Å². The van der Waals surface area contributed by atoms with Gasteiger partial charge in [0.2, 0.25) is 0 Å². The van der Waals surface area contributed by atoms with Crippen LogP contribution in [-0.2, 0) is 13.2 Å². The van der Waals surface area contributed by atoms with Crippen molar-refractivity contribution in [2.24, 2.45) is 0 Å². The fourth-order valence-electron chi connectivity index (χ4n) is 2.72. The van der Waals surface area contributed by atoms with Gasteiger partial charge in [-0.3, -0.25) is 0 Å². The summed E-state index contributed by atoms with van der Waals surface area (Å²) in [5.41, 5.74) is 9.58. The van der Waals surface area contributed by atoms with Crippen LogP contribution in [0.5, 0.6) is 0 Å². The van der Waals surface area contributed by atoms with E-state index in [1.165, 1.54) is 6.33 Å². The lowest BCUT2D eigenvalue weighted by atomic mass is 10.1. The molecule has 7 nitrogen and oxygen atoms in total. The average Bonchev–Trinajstić information content (AvgIpc) is 3.15. The summed E-state index contributed by atoms with van der Waals surface area (Å²) in [6.45, 7) is 0.429. The van der Waals surface area contributed by atoms with Crippen molar-refractivity contribution in [1.29, 1.82) is 0 Å². The van der Waals surface area contributed by atoms with Crippen LogP contribution in [0.1, 0.15) is 11.3 Å². The van der Waals surface area contributed by atoms with Gasteiger partial charge >= 0.3 is 0 Å². The Morgan fingerprint density at radius 1 is 1.26 bits per heavy atom. The zero-order valence-electron chi connectivity index (χ0n) is 12.0. The Labute approximate surface area is 135 Å². The van der Waals surface area contributed by atoms with Crippen LogP contribution in [0.4, 0.5) is 5.82 Å². The highest BCUT2D eigenvalue weighted by Gasteiger charge is 2.13. The van der Waals surface area contributed by atoms with E-state index in [1.807, 2.05) is 22.8 Å². The number of fused-ring (bicyclic) bond motifs is 2. The maximum Gasteiger partial charge on any atom is 0.165 e. The number of aliphatic hydroxyl groups excluding tert-OH is 1. The Bertz CT molecular complexity index is 1020. The van der Waals surface area contributed by atoms with E-state index in [2.05, 4.69) is 19.9 Å². The van der Waals surface area contributed by atoms with Gasteiger partial charge in [0.25, 0.3) is 0 Å². The lowest BCUT2D eigenvalue weighted by Gasteiger charge is -2.08. The second-order valence-electron chi connectivity index (χ2n) is 5.25. The van der Waals surface area contributed by atoms with E-state index in [9.17, 15) is 5.11 Å². The smallest absolute Gasteiger partial charge is 0.165 e. The van der Waals surface area contributed by atoms with Crippen molar-refractivity contribution >= 4 is 39.5 Å². The van der Waals surface area contributed by atoms with E-state index in [1.54, 1.807) is 6.33 Å². The van der Waals surface area contributed by atoms with Crippen LogP contribution >= 0.6 is 11.6 Å². The number of rotatable bonds is 3. The van der Waals surface area contributed by atoms with Crippen molar-refractivity contribution < 1.29 is 5.11 Å². The Hall–Kier alpha value is -2.64. The predicted octanol–water partition coefficient (Wildman–Crippen LogP) is 2.08. The fourth-order valence-corrected chi connectivity index (χ4v) is 2.93. The molecule has 0 aliphatic rings. The predicted molar refractivity (Wildman–Crippen MR) is 88.1 cm³/mol. The van der Waals surface area contributed by atoms with E-state index < -0.39 is 0 Å². The van der Waals surface area contributed by atoms with Gasteiger partial charge in [-0.2, -0.15) is 0 Å². The van der Waals surface area contributed by atoms with Crippen molar-refractivity contribution in [2.45, 2.75) is 13.2 Å². The first-order chi connectivity index (χ1) is 11.2. The largest absolute Gasteiger partial charge is 0.390 e. The number of nitrogen functional groups attached to an aromatic ring is 1. The number of nitrogens with two attached hydrogens (primary N) is 1. The molecule has 4 aromatic rings. The number of imidazole rings is 1. The summed E-state index contributed by atoms with van der Waals surface area (Å²) in [4.78, 5) is 15.7. The number of hydrogen-bond donors (Lipinski definition) is 3. The summed E-state index contributed by atoms with van der Waals surface area (Å²) in [5.74, 6) is 0.348. The van der Waals surface area contributed by atoms with Crippen LogP contribution < -0.4 is 5.73 Å². The van der Waals surface area contributed by atoms with Crippen LogP contribution in [0.15, 0.2) is 30.9 Å². The molecule has 4 rings (SSSR count). The second-order valence-corrected chi connectivity index (χ2v) is 5.65. The standard InChI is InChI=1S/C15H13ClN6O/c16-11-2-1-8-3-9(5-23)21-12(8)10(11)4-22-7-20-13-14(17)18-6-19-15(13)22/h1-3,6-7,21,23H,4-5H2,(H2,17,18,19). The second kappa shape index (κ2) is 5.22. The third kappa shape index (κ3) is 2.21. The Balaban J connectivity index is 1.87. The number of aliphatic hydroxyl groups is 1. The van der Waals surface area contributed by atoms with Crippen LogP contribution in [0, 0.1) is 0 Å². The quantitative estimate of drug-likeness (QED) is 0.534. The first kappa shape index (κ1) is 14.0. The molecule has 0 atom stereocenters. The number of hydrogen-bond acceptors (Lipinski definition) is 5. The Morgan fingerprint density at radius 2 is 2.13 bits per heavy atom. The third-order valence-electron chi connectivity index (χ3n) is 3.83. The first-order valence-corrected chi connectivity index (χ1v) is 7.36. The summed E-state index contributed by atoms with van der Waals surface area (Å²) >= 11 is 6.38. The maximum atomic E-state index is 9.32. The molecule has 0 aliphatic heterocycles. The van der Waals surface area contributed by atoms with E-state index >= 15 is 0 Å². The summed E-state index contributed by atoms with van der Waals surface area (Å²) in [6.07, 6.45) is 3.08. The number of H-pyrrole nitrogens is 1. The van der Waals surface area contributed by atoms with Gasteiger partial charge in [-0.25, -0.2) is 15.0 Å². The topological polar surface area (TPSA) is 106 Å². The monoisotopic (exact) mass is 328 g/mol. The molecule has 23 heavy (non-hydrogen) atoms. The highest BCUT2D eigenvalue weighted by molar-refractivity contribution is 6.32. The molecule has 0 aliphatic carbocycles. The van der Waals surface area contributed by atoms with Crippen molar-refractivity contribution in [2.75, 3.05) is 5.73 Å². The molecule has 0 bridgehead atoms. The number of benzene rings is 1. The van der Waals surface area contributed by atoms with Crippen LogP contribution in [0.25, 0.3) is 22.1 Å². The van der Waals surface area contributed by atoms with Crippen molar-refractivity contribution in [3.05, 3.63) is 47.1 Å². The van der Waals surface area contributed by atoms with Crippen molar-refractivity contribution in [3.8, 4) is 0 Å². The molecule has 116 valence electrons. The molecule has 0 fully saturated rings. The lowest BCUT2D eigenvalue weighted by Crippen LogP contribution is -2.02. The molecule has 3 aromatic heterocycles. The normalized spacial score (nSPS) is 11.6. The number of nitrogens with one attached hydrogen (secondary N) is 1. The van der Waals surface area contributed by atoms with Gasteiger partial charge in [0.1, 0.15) is 11.8 Å². The van der Waals surface area contributed by atoms with Crippen molar-refractivity contribution in [1.82, 2.24) is 24.5 Å². The molecular weight excluding hydrogens is 316 g/mol. The molecular formula is C15H13ClN6O. The van der Waals surface area contributed by atoms with Gasteiger partial charge in [-0.1, -0.05) is 17.7 Å². The number of anilines is 1. The average molecular weight is 329 g/mol. The molecule has 1 aromatic carbocycles. The highest BCUT2D eigenvalue weighted by atomic mass is 35.5. The summed E-state index contributed by atoms with van der Waals surface area (Å²) in [7, 11) is 0. The number of nitrogens with zero attached hydrogens (tertiary/aromatic N) is 4. The summed E-state index contributed by atoms with van der Waals surface area (Å²) < 4.78 is 1.87. The van der Waals surface area contributed by atoms with E-state index in [-0.39, 0.29) is 6.61 Å². The maximum absolute atomic E-state index is 9.32. The van der Waals surface area contributed by atoms with E-state index in [0.29, 0.717) is 28.5 Å². The summed E-state index contributed by atoms with van der Waals surface area (Å²) in [5, 5.41) is 10.9. The molecule has 0 amide bonds. The minimum atomic E-state index is -0.0521.